The fourth-order valence-electron chi connectivity index (χ4n) is 2.78. The number of rotatable bonds is 1. The summed E-state index contributed by atoms with van der Waals surface area (Å²) in [4.78, 5) is 0. The Hall–Kier alpha value is -2.07. The maximum Gasteiger partial charge on any atom is 0.167 e. The summed E-state index contributed by atoms with van der Waals surface area (Å²) in [6.45, 7) is 6.86. The van der Waals surface area contributed by atoms with Crippen molar-refractivity contribution in [2.75, 3.05) is 0 Å². The minimum Gasteiger partial charge on any atom is -0.489 e. The van der Waals surface area contributed by atoms with E-state index in [1.54, 1.807) is 0 Å². The fraction of sp³-hybridized carbons (Fsp3) is 0.316. The van der Waals surface area contributed by atoms with E-state index < -0.39 is 0 Å². The summed E-state index contributed by atoms with van der Waals surface area (Å²) >= 11 is 5.52. The van der Waals surface area contributed by atoms with Gasteiger partial charge in [0.15, 0.2) is 5.11 Å². The molecule has 0 fully saturated rings. The Kier molecular flexibility index (Phi) is 4.26. The van der Waals surface area contributed by atoms with E-state index in [2.05, 4.69) is 55.7 Å². The van der Waals surface area contributed by atoms with Gasteiger partial charge >= 0.3 is 0 Å². The molecule has 3 nitrogen and oxygen atoms in total. The molecule has 4 heteroatoms. The summed E-state index contributed by atoms with van der Waals surface area (Å²) in [5.74, 6) is 0.903. The van der Waals surface area contributed by atoms with Gasteiger partial charge in [0.2, 0.25) is 0 Å². The Morgan fingerprint density at radius 3 is 2.43 bits per heavy atom. The summed E-state index contributed by atoms with van der Waals surface area (Å²) in [5, 5.41) is 7.44. The standard InChI is InChI=1S/C19H22N2OS/c1-19(2,3)21-18(23)20-17-14-9-5-4-8-13(14)12-22-16-11-7-6-10-15(16)17/h4-11,17H,12H2,1-3H3,(H2,20,21,23). The number of hydrogen-bond donors (Lipinski definition) is 2. The fourth-order valence-corrected chi connectivity index (χ4v) is 3.21. The molecule has 2 N–H and O–H groups in total. The molecule has 120 valence electrons. The molecule has 0 radical (unpaired) electrons. The number of ether oxygens (including phenoxy) is 1. The van der Waals surface area contributed by atoms with Crippen LogP contribution < -0.4 is 15.4 Å². The largest absolute Gasteiger partial charge is 0.489 e. The predicted octanol–water partition coefficient (Wildman–Crippen LogP) is 3.93. The Morgan fingerprint density at radius 2 is 1.70 bits per heavy atom. The smallest absolute Gasteiger partial charge is 0.167 e. The zero-order chi connectivity index (χ0) is 16.4. The molecular formula is C19H22N2OS. The van der Waals surface area contributed by atoms with Gasteiger partial charge in [0.25, 0.3) is 0 Å². The summed E-state index contributed by atoms with van der Waals surface area (Å²) < 4.78 is 5.98. The third-order valence-corrected chi connectivity index (χ3v) is 3.96. The summed E-state index contributed by atoms with van der Waals surface area (Å²) in [7, 11) is 0. The van der Waals surface area contributed by atoms with Gasteiger partial charge in [-0.15, -0.1) is 0 Å². The van der Waals surface area contributed by atoms with Crippen LogP contribution in [0.3, 0.4) is 0 Å². The first-order chi connectivity index (χ1) is 10.9. The molecule has 23 heavy (non-hydrogen) atoms. The van der Waals surface area contributed by atoms with Crippen molar-refractivity contribution in [2.45, 2.75) is 39.0 Å². The van der Waals surface area contributed by atoms with Crippen LogP contribution >= 0.6 is 12.2 Å². The van der Waals surface area contributed by atoms with E-state index in [0.29, 0.717) is 11.7 Å². The van der Waals surface area contributed by atoms with Gasteiger partial charge in [-0.3, -0.25) is 0 Å². The van der Waals surface area contributed by atoms with Crippen molar-refractivity contribution in [1.29, 1.82) is 0 Å². The van der Waals surface area contributed by atoms with Crippen LogP contribution in [0.25, 0.3) is 0 Å². The molecule has 0 saturated heterocycles. The Morgan fingerprint density at radius 1 is 1.04 bits per heavy atom. The molecule has 0 spiro atoms. The number of nitrogens with one attached hydrogen (secondary N) is 2. The molecule has 1 aliphatic heterocycles. The zero-order valence-corrected chi connectivity index (χ0v) is 14.5. The lowest BCUT2D eigenvalue weighted by molar-refractivity contribution is 0.306. The minimum absolute atomic E-state index is 0.0211. The molecule has 0 aromatic heterocycles. The average molecular weight is 326 g/mol. The molecule has 1 heterocycles. The number of benzene rings is 2. The van der Waals surface area contributed by atoms with Gasteiger partial charge < -0.3 is 15.4 Å². The SMILES string of the molecule is CC(C)(C)NC(=S)NC1c2ccccc2COc2ccccc21. The van der Waals surface area contributed by atoms with Crippen molar-refractivity contribution in [2.24, 2.45) is 0 Å². The van der Waals surface area contributed by atoms with Crippen LogP contribution in [-0.2, 0) is 6.61 Å². The van der Waals surface area contributed by atoms with Crippen LogP contribution in [0.4, 0.5) is 0 Å². The topological polar surface area (TPSA) is 33.3 Å². The van der Waals surface area contributed by atoms with Crippen molar-refractivity contribution >= 4 is 17.3 Å². The molecule has 0 amide bonds. The summed E-state index contributed by atoms with van der Waals surface area (Å²) in [6, 6.07) is 16.5. The van der Waals surface area contributed by atoms with E-state index in [1.807, 2.05) is 24.3 Å². The molecule has 3 rings (SSSR count). The van der Waals surface area contributed by atoms with Crippen LogP contribution in [0.2, 0.25) is 0 Å². The van der Waals surface area contributed by atoms with Crippen molar-refractivity contribution in [1.82, 2.24) is 10.6 Å². The van der Waals surface area contributed by atoms with Crippen LogP contribution in [0.5, 0.6) is 5.75 Å². The van der Waals surface area contributed by atoms with E-state index >= 15 is 0 Å². The Balaban J connectivity index is 1.98. The molecule has 0 aliphatic carbocycles. The van der Waals surface area contributed by atoms with Gasteiger partial charge in [-0.2, -0.15) is 0 Å². The molecule has 0 saturated carbocycles. The van der Waals surface area contributed by atoms with Crippen LogP contribution in [-0.4, -0.2) is 10.7 Å². The van der Waals surface area contributed by atoms with Crippen LogP contribution in [0.1, 0.15) is 43.5 Å². The first-order valence-corrected chi connectivity index (χ1v) is 8.23. The van der Waals surface area contributed by atoms with Crippen LogP contribution in [0.15, 0.2) is 48.5 Å². The van der Waals surface area contributed by atoms with Crippen molar-refractivity contribution in [3.63, 3.8) is 0 Å². The molecule has 2 aromatic carbocycles. The molecule has 2 aromatic rings. The Labute approximate surface area is 143 Å². The van der Waals surface area contributed by atoms with E-state index in [0.717, 1.165) is 11.3 Å². The Bertz CT molecular complexity index is 674. The van der Waals surface area contributed by atoms with E-state index in [1.165, 1.54) is 11.1 Å². The van der Waals surface area contributed by atoms with E-state index in [9.17, 15) is 0 Å². The maximum atomic E-state index is 5.98. The summed E-state index contributed by atoms with van der Waals surface area (Å²) in [6.07, 6.45) is 0. The second-order valence-electron chi connectivity index (χ2n) is 6.81. The van der Waals surface area contributed by atoms with Crippen molar-refractivity contribution in [3.05, 3.63) is 65.2 Å². The highest BCUT2D eigenvalue weighted by Crippen LogP contribution is 2.35. The lowest BCUT2D eigenvalue weighted by Gasteiger charge is -2.27. The zero-order valence-electron chi connectivity index (χ0n) is 13.7. The van der Waals surface area contributed by atoms with E-state index in [-0.39, 0.29) is 11.6 Å². The highest BCUT2D eigenvalue weighted by atomic mass is 32.1. The molecular weight excluding hydrogens is 304 g/mol. The summed E-state index contributed by atoms with van der Waals surface area (Å²) in [5.41, 5.74) is 3.41. The van der Waals surface area contributed by atoms with Gasteiger partial charge in [-0.1, -0.05) is 42.5 Å². The second-order valence-corrected chi connectivity index (χ2v) is 7.22. The van der Waals surface area contributed by atoms with Crippen molar-refractivity contribution < 1.29 is 4.74 Å². The van der Waals surface area contributed by atoms with Gasteiger partial charge in [0.1, 0.15) is 12.4 Å². The minimum atomic E-state index is -0.0790. The first-order valence-electron chi connectivity index (χ1n) is 7.82. The first kappa shape index (κ1) is 15.8. The van der Waals surface area contributed by atoms with Gasteiger partial charge in [0.05, 0.1) is 6.04 Å². The molecule has 1 aliphatic rings. The highest BCUT2D eigenvalue weighted by molar-refractivity contribution is 7.80. The maximum absolute atomic E-state index is 5.98. The second kappa shape index (κ2) is 6.20. The van der Waals surface area contributed by atoms with Crippen molar-refractivity contribution in [3.8, 4) is 5.75 Å². The average Bonchev–Trinajstić information content (AvgIpc) is 2.64. The number of fused-ring (bicyclic) bond motifs is 2. The third kappa shape index (κ3) is 3.64. The number of hydrogen-bond acceptors (Lipinski definition) is 2. The molecule has 1 unspecified atom stereocenters. The van der Waals surface area contributed by atoms with Crippen LogP contribution in [0, 0.1) is 0 Å². The van der Waals surface area contributed by atoms with Gasteiger partial charge in [-0.25, -0.2) is 0 Å². The third-order valence-electron chi connectivity index (χ3n) is 3.74. The van der Waals surface area contributed by atoms with E-state index in [4.69, 9.17) is 17.0 Å². The molecule has 1 atom stereocenters. The quantitative estimate of drug-likeness (QED) is 0.778. The molecule has 0 bridgehead atoms. The number of thiocarbonyl (C=S) groups is 1. The normalized spacial score (nSPS) is 16.4. The lowest BCUT2D eigenvalue weighted by Crippen LogP contribution is -2.47. The monoisotopic (exact) mass is 326 g/mol. The predicted molar refractivity (Wildman–Crippen MR) is 97.7 cm³/mol. The lowest BCUT2D eigenvalue weighted by atomic mass is 9.95. The number of para-hydroxylation sites is 1. The van der Waals surface area contributed by atoms with Gasteiger partial charge in [-0.05, 0) is 50.2 Å². The van der Waals surface area contributed by atoms with Gasteiger partial charge in [0, 0.05) is 11.1 Å². The highest BCUT2D eigenvalue weighted by Gasteiger charge is 2.25.